The normalized spacial score (nSPS) is 13.6. The molecule has 0 aliphatic carbocycles. The molecule has 0 amide bonds. The van der Waals surface area contributed by atoms with Gasteiger partial charge in [0.25, 0.3) is 5.56 Å². The van der Waals surface area contributed by atoms with Crippen molar-refractivity contribution in [1.29, 1.82) is 0 Å². The topological polar surface area (TPSA) is 73.5 Å². The first-order valence-corrected chi connectivity index (χ1v) is 9.90. The number of rotatable bonds is 6. The highest BCUT2D eigenvalue weighted by Crippen LogP contribution is 2.23. The second-order valence-corrected chi connectivity index (χ2v) is 8.31. The fraction of sp³-hybridized carbons (Fsp3) is 0.364. The van der Waals surface area contributed by atoms with Gasteiger partial charge in [-0.25, -0.2) is 9.18 Å². The Hall–Kier alpha value is -2.64. The van der Waals surface area contributed by atoms with Crippen molar-refractivity contribution in [3.8, 4) is 5.75 Å². The summed E-state index contributed by atoms with van der Waals surface area (Å²) in [7, 11) is 1.54. The van der Waals surface area contributed by atoms with Gasteiger partial charge >= 0.3 is 5.69 Å². The van der Waals surface area contributed by atoms with Crippen molar-refractivity contribution in [2.45, 2.75) is 39.5 Å². The van der Waals surface area contributed by atoms with Crippen molar-refractivity contribution in [3.05, 3.63) is 73.6 Å². The standard InChI is InChI=1S/C22H24ClFN2O4/c1-13(2)22(3,29)12-26-19-10-17(23)18(24)9-16(19)20(27)25(21(26)28)11-14-5-7-15(30-4)8-6-14/h5-10,13,29H,11-12H2,1-4H3. The summed E-state index contributed by atoms with van der Waals surface area (Å²) < 4.78 is 21.6. The van der Waals surface area contributed by atoms with Gasteiger partial charge in [0.05, 0.1) is 41.7 Å². The summed E-state index contributed by atoms with van der Waals surface area (Å²) in [6, 6.07) is 9.22. The Labute approximate surface area is 178 Å². The molecule has 30 heavy (non-hydrogen) atoms. The van der Waals surface area contributed by atoms with Crippen molar-refractivity contribution < 1.29 is 14.2 Å². The van der Waals surface area contributed by atoms with Crippen molar-refractivity contribution >= 4 is 22.5 Å². The number of aromatic nitrogens is 2. The zero-order valence-corrected chi connectivity index (χ0v) is 18.0. The molecular weight excluding hydrogens is 411 g/mol. The molecule has 0 saturated carbocycles. The molecule has 0 aliphatic rings. The van der Waals surface area contributed by atoms with E-state index in [-0.39, 0.29) is 34.9 Å². The van der Waals surface area contributed by atoms with Crippen LogP contribution in [0.25, 0.3) is 10.9 Å². The molecule has 1 heterocycles. The molecule has 3 aromatic rings. The summed E-state index contributed by atoms with van der Waals surface area (Å²) in [6.07, 6.45) is 0. The summed E-state index contributed by atoms with van der Waals surface area (Å²) in [5, 5.41) is 10.6. The number of fused-ring (bicyclic) bond motifs is 1. The quantitative estimate of drug-likeness (QED) is 0.645. The number of benzene rings is 2. The minimum Gasteiger partial charge on any atom is -0.497 e. The van der Waals surface area contributed by atoms with Crippen LogP contribution in [-0.4, -0.2) is 27.0 Å². The van der Waals surface area contributed by atoms with Crippen LogP contribution in [0.2, 0.25) is 5.02 Å². The predicted molar refractivity (Wildman–Crippen MR) is 115 cm³/mol. The van der Waals surface area contributed by atoms with Gasteiger partial charge in [-0.3, -0.25) is 13.9 Å². The number of methoxy groups -OCH3 is 1. The van der Waals surface area contributed by atoms with Gasteiger partial charge in [0.2, 0.25) is 0 Å². The highest BCUT2D eigenvalue weighted by Gasteiger charge is 2.28. The minimum absolute atomic E-state index is 0.00827. The molecule has 160 valence electrons. The highest BCUT2D eigenvalue weighted by molar-refractivity contribution is 6.31. The van der Waals surface area contributed by atoms with E-state index < -0.39 is 22.7 Å². The average Bonchev–Trinajstić information content (AvgIpc) is 2.70. The first kappa shape index (κ1) is 22.1. The molecular formula is C22H24ClFN2O4. The van der Waals surface area contributed by atoms with Crippen LogP contribution in [-0.2, 0) is 13.1 Å². The van der Waals surface area contributed by atoms with Gasteiger partial charge in [-0.1, -0.05) is 37.6 Å². The van der Waals surface area contributed by atoms with Gasteiger partial charge < -0.3 is 9.84 Å². The number of nitrogens with zero attached hydrogens (tertiary/aromatic N) is 2. The lowest BCUT2D eigenvalue weighted by Crippen LogP contribution is -2.46. The van der Waals surface area contributed by atoms with E-state index in [0.717, 1.165) is 10.6 Å². The molecule has 1 unspecified atom stereocenters. The fourth-order valence-electron chi connectivity index (χ4n) is 3.12. The molecule has 0 fully saturated rings. The number of halogens is 2. The third kappa shape index (κ3) is 4.13. The SMILES string of the molecule is COc1ccc(Cn2c(=O)c3cc(F)c(Cl)cc3n(CC(C)(O)C(C)C)c2=O)cc1. The van der Waals surface area contributed by atoms with Gasteiger partial charge in [-0.15, -0.1) is 0 Å². The molecule has 1 atom stereocenters. The molecule has 0 radical (unpaired) electrons. The van der Waals surface area contributed by atoms with E-state index in [2.05, 4.69) is 0 Å². The maximum absolute atomic E-state index is 14.1. The van der Waals surface area contributed by atoms with E-state index in [0.29, 0.717) is 11.3 Å². The largest absolute Gasteiger partial charge is 0.497 e. The van der Waals surface area contributed by atoms with Gasteiger partial charge in [-0.05, 0) is 42.7 Å². The Kier molecular flexibility index (Phi) is 6.06. The van der Waals surface area contributed by atoms with E-state index >= 15 is 0 Å². The van der Waals surface area contributed by atoms with E-state index in [4.69, 9.17) is 16.3 Å². The Balaban J connectivity index is 2.25. The second kappa shape index (κ2) is 8.24. The summed E-state index contributed by atoms with van der Waals surface area (Å²) in [5.41, 5.74) is -1.58. The number of ether oxygens (including phenoxy) is 1. The van der Waals surface area contributed by atoms with Gasteiger partial charge in [0.1, 0.15) is 11.6 Å². The summed E-state index contributed by atoms with van der Waals surface area (Å²) in [6.45, 7) is 5.18. The number of aliphatic hydroxyl groups is 1. The average molecular weight is 435 g/mol. The molecule has 8 heteroatoms. The Bertz CT molecular complexity index is 1200. The Morgan fingerprint density at radius 1 is 1.17 bits per heavy atom. The fourth-order valence-corrected chi connectivity index (χ4v) is 3.28. The van der Waals surface area contributed by atoms with Crippen LogP contribution in [0.5, 0.6) is 5.75 Å². The predicted octanol–water partition coefficient (Wildman–Crippen LogP) is 3.42. The summed E-state index contributed by atoms with van der Waals surface area (Å²) >= 11 is 5.92. The van der Waals surface area contributed by atoms with E-state index in [1.54, 1.807) is 38.3 Å². The molecule has 6 nitrogen and oxygen atoms in total. The van der Waals surface area contributed by atoms with Gasteiger partial charge in [-0.2, -0.15) is 0 Å². The Morgan fingerprint density at radius 2 is 1.80 bits per heavy atom. The van der Waals surface area contributed by atoms with Crippen LogP contribution in [0, 0.1) is 11.7 Å². The highest BCUT2D eigenvalue weighted by atomic mass is 35.5. The lowest BCUT2D eigenvalue weighted by Gasteiger charge is -2.29. The van der Waals surface area contributed by atoms with Crippen molar-refractivity contribution in [1.82, 2.24) is 9.13 Å². The lowest BCUT2D eigenvalue weighted by molar-refractivity contribution is -0.00304. The van der Waals surface area contributed by atoms with Gasteiger partial charge in [0, 0.05) is 0 Å². The van der Waals surface area contributed by atoms with E-state index in [1.165, 1.54) is 10.6 Å². The maximum atomic E-state index is 14.1. The molecule has 0 bridgehead atoms. The summed E-state index contributed by atoms with van der Waals surface area (Å²) in [5.74, 6) is -0.276. The third-order valence-electron chi connectivity index (χ3n) is 5.49. The number of hydrogen-bond donors (Lipinski definition) is 1. The zero-order valence-electron chi connectivity index (χ0n) is 17.3. The van der Waals surface area contributed by atoms with Crippen LogP contribution in [0.4, 0.5) is 4.39 Å². The molecule has 3 rings (SSSR count). The first-order chi connectivity index (χ1) is 14.0. The summed E-state index contributed by atoms with van der Waals surface area (Å²) in [4.78, 5) is 26.3. The second-order valence-electron chi connectivity index (χ2n) is 7.90. The zero-order chi connectivity index (χ0) is 22.2. The van der Waals surface area contributed by atoms with Gasteiger partial charge in [0.15, 0.2) is 0 Å². The minimum atomic E-state index is -1.24. The van der Waals surface area contributed by atoms with Crippen LogP contribution in [0.1, 0.15) is 26.3 Å². The third-order valence-corrected chi connectivity index (χ3v) is 5.78. The van der Waals surface area contributed by atoms with Crippen molar-refractivity contribution in [3.63, 3.8) is 0 Å². The van der Waals surface area contributed by atoms with Crippen molar-refractivity contribution in [2.24, 2.45) is 5.92 Å². The smallest absolute Gasteiger partial charge is 0.331 e. The monoisotopic (exact) mass is 434 g/mol. The molecule has 0 aliphatic heterocycles. The van der Waals surface area contributed by atoms with Crippen LogP contribution in [0.15, 0.2) is 46.0 Å². The molecule has 1 N–H and O–H groups in total. The first-order valence-electron chi connectivity index (χ1n) is 9.53. The molecule has 2 aromatic carbocycles. The van der Waals surface area contributed by atoms with Crippen LogP contribution in [0.3, 0.4) is 0 Å². The number of hydrogen-bond acceptors (Lipinski definition) is 4. The van der Waals surface area contributed by atoms with Crippen molar-refractivity contribution in [2.75, 3.05) is 7.11 Å². The van der Waals surface area contributed by atoms with E-state index in [9.17, 15) is 19.1 Å². The lowest BCUT2D eigenvalue weighted by atomic mass is 9.92. The van der Waals surface area contributed by atoms with E-state index in [1.807, 2.05) is 13.8 Å². The maximum Gasteiger partial charge on any atom is 0.331 e. The van der Waals surface area contributed by atoms with Crippen LogP contribution >= 0.6 is 11.6 Å². The Morgan fingerprint density at radius 3 is 2.37 bits per heavy atom. The molecule has 1 aromatic heterocycles. The molecule has 0 saturated heterocycles. The molecule has 0 spiro atoms. The van der Waals surface area contributed by atoms with Crippen LogP contribution < -0.4 is 16.0 Å².